The predicted molar refractivity (Wildman–Crippen MR) is 64.5 cm³/mol. The summed E-state index contributed by atoms with van der Waals surface area (Å²) in [5.41, 5.74) is 6.41. The van der Waals surface area contributed by atoms with Crippen molar-refractivity contribution in [3.63, 3.8) is 0 Å². The Hall–Kier alpha value is -0.440. The first-order valence-electron chi connectivity index (χ1n) is 4.67. The van der Waals surface area contributed by atoms with E-state index in [4.69, 9.17) is 28.9 Å². The molecule has 0 heterocycles. The van der Waals surface area contributed by atoms with Gasteiger partial charge in [0, 0.05) is 16.6 Å². The highest BCUT2D eigenvalue weighted by Gasteiger charge is 2.27. The lowest BCUT2D eigenvalue weighted by Gasteiger charge is -2.28. The van der Waals surface area contributed by atoms with Crippen LogP contribution >= 0.6 is 23.2 Å². The summed E-state index contributed by atoms with van der Waals surface area (Å²) in [6, 6.07) is 2.71. The summed E-state index contributed by atoms with van der Waals surface area (Å²) >= 11 is 11.8. The van der Waals surface area contributed by atoms with E-state index in [-0.39, 0.29) is 17.2 Å². The zero-order chi connectivity index (χ0) is 11.8. The van der Waals surface area contributed by atoms with Gasteiger partial charge < -0.3 is 10.8 Å². The Bertz CT molecular complexity index is 348. The van der Waals surface area contributed by atoms with E-state index in [1.165, 1.54) is 6.07 Å². The summed E-state index contributed by atoms with van der Waals surface area (Å²) in [7, 11) is 0. The molecule has 4 heteroatoms. The Labute approximate surface area is 100.0 Å². The van der Waals surface area contributed by atoms with E-state index >= 15 is 0 Å². The van der Waals surface area contributed by atoms with E-state index in [1.807, 2.05) is 20.8 Å². The quantitative estimate of drug-likeness (QED) is 0.795. The van der Waals surface area contributed by atoms with Crippen molar-refractivity contribution in [1.82, 2.24) is 0 Å². The van der Waals surface area contributed by atoms with Gasteiger partial charge in [-0.05, 0) is 17.5 Å². The second kappa shape index (κ2) is 4.20. The molecule has 0 amide bonds. The third-order valence-corrected chi connectivity index (χ3v) is 2.85. The fraction of sp³-hybridized carbons (Fsp3) is 0.455. The zero-order valence-electron chi connectivity index (χ0n) is 9.01. The molecule has 0 radical (unpaired) electrons. The fourth-order valence-corrected chi connectivity index (χ4v) is 1.91. The van der Waals surface area contributed by atoms with Crippen LogP contribution in [-0.2, 0) is 0 Å². The molecule has 15 heavy (non-hydrogen) atoms. The van der Waals surface area contributed by atoms with Gasteiger partial charge in [-0.3, -0.25) is 0 Å². The summed E-state index contributed by atoms with van der Waals surface area (Å²) in [4.78, 5) is 0. The van der Waals surface area contributed by atoms with Crippen molar-refractivity contribution >= 4 is 23.2 Å². The topological polar surface area (TPSA) is 46.2 Å². The van der Waals surface area contributed by atoms with E-state index in [1.54, 1.807) is 6.07 Å². The number of hydrogen-bond acceptors (Lipinski definition) is 2. The van der Waals surface area contributed by atoms with E-state index in [9.17, 15) is 5.11 Å². The molecule has 0 bridgehead atoms. The van der Waals surface area contributed by atoms with Gasteiger partial charge in [-0.15, -0.1) is 0 Å². The maximum atomic E-state index is 9.76. The molecule has 84 valence electrons. The van der Waals surface area contributed by atoms with Crippen LogP contribution in [0.25, 0.3) is 0 Å². The number of benzene rings is 1. The minimum atomic E-state index is -0.331. The highest BCUT2D eigenvalue weighted by atomic mass is 35.5. The minimum absolute atomic E-state index is 0.0509. The van der Waals surface area contributed by atoms with Gasteiger partial charge in [-0.25, -0.2) is 0 Å². The molecular formula is C11H15Cl2NO. The Kier molecular flexibility index (Phi) is 3.54. The molecule has 0 spiro atoms. The van der Waals surface area contributed by atoms with Crippen molar-refractivity contribution in [1.29, 1.82) is 0 Å². The van der Waals surface area contributed by atoms with Crippen molar-refractivity contribution < 1.29 is 5.11 Å². The van der Waals surface area contributed by atoms with Gasteiger partial charge in [0.2, 0.25) is 0 Å². The molecule has 0 aliphatic rings. The molecule has 1 rings (SSSR count). The summed E-state index contributed by atoms with van der Waals surface area (Å²) in [5, 5.41) is 10.6. The van der Waals surface area contributed by atoms with Gasteiger partial charge in [0.25, 0.3) is 0 Å². The molecule has 0 aliphatic heterocycles. The summed E-state index contributed by atoms with van der Waals surface area (Å²) < 4.78 is 0. The first kappa shape index (κ1) is 12.6. The number of halogens is 2. The lowest BCUT2D eigenvalue weighted by Crippen LogP contribution is -2.26. The van der Waals surface area contributed by atoms with Gasteiger partial charge in [0.15, 0.2) is 0 Å². The maximum absolute atomic E-state index is 9.76. The van der Waals surface area contributed by atoms with Crippen molar-refractivity contribution in [3.8, 4) is 5.75 Å². The number of aromatic hydroxyl groups is 1. The Morgan fingerprint density at radius 3 is 2.20 bits per heavy atom. The van der Waals surface area contributed by atoms with E-state index in [0.717, 1.165) is 0 Å². The lowest BCUT2D eigenvalue weighted by molar-refractivity contribution is 0.318. The Morgan fingerprint density at radius 2 is 1.80 bits per heavy atom. The summed E-state index contributed by atoms with van der Waals surface area (Å²) in [6.07, 6.45) is 0. The fourth-order valence-electron chi connectivity index (χ4n) is 1.31. The molecular weight excluding hydrogens is 233 g/mol. The zero-order valence-corrected chi connectivity index (χ0v) is 10.5. The third kappa shape index (κ3) is 2.77. The SMILES string of the molecule is CC(C)(C)[C@@H](N)c1c(O)cc(Cl)cc1Cl. The second-order valence-electron chi connectivity index (χ2n) is 4.66. The number of phenolic OH excluding ortho intramolecular Hbond substituents is 1. The van der Waals surface area contributed by atoms with Crippen LogP contribution in [0.2, 0.25) is 10.0 Å². The average Bonchev–Trinajstić information content (AvgIpc) is 1.99. The summed E-state index contributed by atoms with van der Waals surface area (Å²) in [6.45, 7) is 5.96. The molecule has 0 aliphatic carbocycles. The largest absolute Gasteiger partial charge is 0.508 e. The van der Waals surface area contributed by atoms with Crippen molar-refractivity contribution in [2.45, 2.75) is 26.8 Å². The smallest absolute Gasteiger partial charge is 0.123 e. The Morgan fingerprint density at radius 1 is 1.27 bits per heavy atom. The maximum Gasteiger partial charge on any atom is 0.123 e. The van der Waals surface area contributed by atoms with Crippen LogP contribution in [-0.4, -0.2) is 5.11 Å². The Balaban J connectivity index is 3.26. The van der Waals surface area contributed by atoms with E-state index in [2.05, 4.69) is 0 Å². The standard InChI is InChI=1S/C11H15Cl2NO/c1-11(2,3)10(14)9-7(13)4-6(12)5-8(9)15/h4-5,10,15H,14H2,1-3H3/t10-/m0/s1. The molecule has 0 saturated heterocycles. The summed E-state index contributed by atoms with van der Waals surface area (Å²) in [5.74, 6) is 0.0509. The molecule has 3 N–H and O–H groups in total. The molecule has 0 fully saturated rings. The normalized spacial score (nSPS) is 14.0. The monoisotopic (exact) mass is 247 g/mol. The first-order valence-corrected chi connectivity index (χ1v) is 5.42. The van der Waals surface area contributed by atoms with Crippen LogP contribution in [0.4, 0.5) is 0 Å². The highest BCUT2D eigenvalue weighted by molar-refractivity contribution is 6.35. The molecule has 0 aromatic heterocycles. The van der Waals surface area contributed by atoms with Gasteiger partial charge in [-0.2, -0.15) is 0 Å². The van der Waals surface area contributed by atoms with Gasteiger partial charge >= 0.3 is 0 Å². The third-order valence-electron chi connectivity index (χ3n) is 2.32. The number of hydrogen-bond donors (Lipinski definition) is 2. The van der Waals surface area contributed by atoms with E-state index < -0.39 is 0 Å². The lowest BCUT2D eigenvalue weighted by atomic mass is 9.83. The second-order valence-corrected chi connectivity index (χ2v) is 5.51. The molecule has 1 atom stereocenters. The number of nitrogens with two attached hydrogens (primary N) is 1. The van der Waals surface area contributed by atoms with Gasteiger partial charge in [-0.1, -0.05) is 44.0 Å². The molecule has 2 nitrogen and oxygen atoms in total. The molecule has 0 unspecified atom stereocenters. The van der Waals surface area contributed by atoms with Crippen molar-refractivity contribution in [3.05, 3.63) is 27.7 Å². The van der Waals surface area contributed by atoms with Crippen LogP contribution in [0.5, 0.6) is 5.75 Å². The van der Waals surface area contributed by atoms with Crippen LogP contribution < -0.4 is 5.73 Å². The van der Waals surface area contributed by atoms with Crippen LogP contribution in [0.3, 0.4) is 0 Å². The molecule has 1 aromatic carbocycles. The average molecular weight is 248 g/mol. The molecule has 1 aromatic rings. The highest BCUT2D eigenvalue weighted by Crippen LogP contribution is 2.40. The van der Waals surface area contributed by atoms with E-state index in [0.29, 0.717) is 15.6 Å². The van der Waals surface area contributed by atoms with Crippen LogP contribution in [0.15, 0.2) is 12.1 Å². The van der Waals surface area contributed by atoms with Gasteiger partial charge in [0.1, 0.15) is 5.75 Å². The van der Waals surface area contributed by atoms with Crippen molar-refractivity contribution in [2.24, 2.45) is 11.1 Å². The van der Waals surface area contributed by atoms with Crippen LogP contribution in [0.1, 0.15) is 32.4 Å². The predicted octanol–water partition coefficient (Wildman–Crippen LogP) is 3.74. The number of rotatable bonds is 1. The first-order chi connectivity index (χ1) is 6.73. The minimum Gasteiger partial charge on any atom is -0.508 e. The van der Waals surface area contributed by atoms with Crippen molar-refractivity contribution in [2.75, 3.05) is 0 Å². The van der Waals surface area contributed by atoms with Crippen LogP contribution in [0, 0.1) is 5.41 Å². The van der Waals surface area contributed by atoms with Gasteiger partial charge in [0.05, 0.1) is 5.02 Å². The molecule has 0 saturated carbocycles. The number of phenols is 1.